The highest BCUT2D eigenvalue weighted by Gasteiger charge is 2.18. The molecule has 0 bridgehead atoms. The van der Waals surface area contributed by atoms with Crippen LogP contribution in [-0.4, -0.2) is 25.4 Å². The Hall–Kier alpha value is -1.71. The van der Waals surface area contributed by atoms with Gasteiger partial charge < -0.3 is 5.32 Å². The molecule has 0 amide bonds. The Bertz CT molecular complexity index is 1040. The number of halogens is 2. The fourth-order valence-electron chi connectivity index (χ4n) is 2.13. The highest BCUT2D eigenvalue weighted by Crippen LogP contribution is 2.30. The van der Waals surface area contributed by atoms with E-state index in [9.17, 15) is 8.42 Å². The molecule has 3 aromatic rings. The molecule has 0 saturated carbocycles. The lowest BCUT2D eigenvalue weighted by molar-refractivity contribution is 0.583. The molecule has 26 heavy (non-hydrogen) atoms. The van der Waals surface area contributed by atoms with Crippen molar-refractivity contribution >= 4 is 50.5 Å². The maximum absolute atomic E-state index is 12.5. The molecule has 0 spiro atoms. The van der Waals surface area contributed by atoms with Crippen LogP contribution in [-0.2, 0) is 16.6 Å². The van der Waals surface area contributed by atoms with E-state index in [1.165, 1.54) is 0 Å². The number of aromatic nitrogens is 2. The predicted molar refractivity (Wildman–Crippen MR) is 105 cm³/mol. The van der Waals surface area contributed by atoms with Crippen molar-refractivity contribution in [1.82, 2.24) is 14.7 Å². The van der Waals surface area contributed by atoms with Crippen LogP contribution >= 0.6 is 34.5 Å². The van der Waals surface area contributed by atoms with E-state index in [0.717, 1.165) is 16.2 Å². The van der Waals surface area contributed by atoms with Crippen LogP contribution < -0.4 is 10.0 Å². The van der Waals surface area contributed by atoms with Gasteiger partial charge in [0, 0.05) is 29.8 Å². The average Bonchev–Trinajstić information content (AvgIpc) is 3.12. The fraction of sp³-hybridized carbons (Fsp3) is 0.125. The van der Waals surface area contributed by atoms with Crippen LogP contribution in [0.5, 0.6) is 0 Å². The Morgan fingerprint density at radius 3 is 2.69 bits per heavy atom. The zero-order valence-electron chi connectivity index (χ0n) is 13.5. The SMILES string of the molecule is CNc1nccc(-c2ccc(S(=O)(=O)NCc3ccc(Cl)cc3Cl)s2)n1. The van der Waals surface area contributed by atoms with Crippen LogP contribution in [0.1, 0.15) is 5.56 Å². The molecular weight excluding hydrogens is 415 g/mol. The van der Waals surface area contributed by atoms with E-state index >= 15 is 0 Å². The van der Waals surface area contributed by atoms with Gasteiger partial charge in [-0.05, 0) is 35.9 Å². The summed E-state index contributed by atoms with van der Waals surface area (Å²) in [5.41, 5.74) is 1.29. The summed E-state index contributed by atoms with van der Waals surface area (Å²) >= 11 is 13.1. The van der Waals surface area contributed by atoms with E-state index in [1.807, 2.05) is 0 Å². The number of nitrogens with zero attached hydrogens (tertiary/aromatic N) is 2. The monoisotopic (exact) mass is 428 g/mol. The highest BCUT2D eigenvalue weighted by molar-refractivity contribution is 7.91. The minimum absolute atomic E-state index is 0.0724. The normalized spacial score (nSPS) is 11.5. The van der Waals surface area contributed by atoms with Crippen LogP contribution in [0, 0.1) is 0 Å². The van der Waals surface area contributed by atoms with E-state index in [-0.39, 0.29) is 10.8 Å². The van der Waals surface area contributed by atoms with Gasteiger partial charge in [-0.3, -0.25) is 0 Å². The molecule has 136 valence electrons. The first-order valence-electron chi connectivity index (χ1n) is 7.43. The quantitative estimate of drug-likeness (QED) is 0.618. The van der Waals surface area contributed by atoms with Crippen molar-refractivity contribution in [3.63, 3.8) is 0 Å². The summed E-state index contributed by atoms with van der Waals surface area (Å²) in [4.78, 5) is 9.09. The molecule has 0 aliphatic rings. The predicted octanol–water partition coefficient (Wildman–Crippen LogP) is 4.03. The number of sulfonamides is 1. The standard InChI is InChI=1S/C16H14Cl2N4O2S2/c1-19-16-20-7-6-13(22-16)14-4-5-15(25-14)26(23,24)21-9-10-2-3-11(17)8-12(10)18/h2-8,21H,9H2,1H3,(H,19,20,22). The van der Waals surface area contributed by atoms with E-state index in [4.69, 9.17) is 23.2 Å². The summed E-state index contributed by atoms with van der Waals surface area (Å²) in [5.74, 6) is 0.468. The minimum Gasteiger partial charge on any atom is -0.357 e. The lowest BCUT2D eigenvalue weighted by Gasteiger charge is -2.07. The van der Waals surface area contributed by atoms with Crippen LogP contribution in [0.25, 0.3) is 10.6 Å². The summed E-state index contributed by atoms with van der Waals surface area (Å²) in [7, 11) is -1.95. The summed E-state index contributed by atoms with van der Waals surface area (Å²) in [6.45, 7) is 0.0724. The number of benzene rings is 1. The minimum atomic E-state index is -3.67. The third-order valence-electron chi connectivity index (χ3n) is 3.45. The fourth-order valence-corrected chi connectivity index (χ4v) is 4.93. The first-order chi connectivity index (χ1) is 12.4. The van der Waals surface area contributed by atoms with Gasteiger partial charge in [-0.15, -0.1) is 11.3 Å². The van der Waals surface area contributed by atoms with E-state index in [1.54, 1.807) is 49.6 Å². The lowest BCUT2D eigenvalue weighted by atomic mass is 10.2. The molecule has 0 radical (unpaired) electrons. The van der Waals surface area contributed by atoms with E-state index in [2.05, 4.69) is 20.0 Å². The Kier molecular flexibility index (Phi) is 5.79. The molecular formula is C16H14Cl2N4O2S2. The third-order valence-corrected chi connectivity index (χ3v) is 7.03. The second kappa shape index (κ2) is 7.89. The average molecular weight is 429 g/mol. The molecule has 3 rings (SSSR count). The Balaban J connectivity index is 1.78. The van der Waals surface area contributed by atoms with Gasteiger partial charge in [0.15, 0.2) is 0 Å². The van der Waals surface area contributed by atoms with Gasteiger partial charge in [0.2, 0.25) is 16.0 Å². The van der Waals surface area contributed by atoms with E-state index in [0.29, 0.717) is 27.3 Å². The molecule has 0 aliphatic heterocycles. The first kappa shape index (κ1) is 19.1. The number of rotatable bonds is 6. The van der Waals surface area contributed by atoms with Gasteiger partial charge in [0.1, 0.15) is 4.21 Å². The number of hydrogen-bond donors (Lipinski definition) is 2. The van der Waals surface area contributed by atoms with Crippen molar-refractivity contribution in [1.29, 1.82) is 0 Å². The van der Waals surface area contributed by atoms with Crippen LogP contribution in [0.3, 0.4) is 0 Å². The van der Waals surface area contributed by atoms with Gasteiger partial charge in [-0.25, -0.2) is 23.1 Å². The van der Waals surface area contributed by atoms with E-state index < -0.39 is 10.0 Å². The zero-order chi connectivity index (χ0) is 18.7. The summed E-state index contributed by atoms with van der Waals surface area (Å²) in [5, 5.41) is 3.76. The molecule has 6 nitrogen and oxygen atoms in total. The van der Waals surface area contributed by atoms with Gasteiger partial charge in [-0.1, -0.05) is 29.3 Å². The largest absolute Gasteiger partial charge is 0.357 e. The summed E-state index contributed by atoms with van der Waals surface area (Å²) in [6, 6.07) is 9.92. The molecule has 0 atom stereocenters. The van der Waals surface area contributed by atoms with Crippen LogP contribution in [0.15, 0.2) is 46.8 Å². The lowest BCUT2D eigenvalue weighted by Crippen LogP contribution is -2.22. The number of thiophene rings is 1. The van der Waals surface area contributed by atoms with Crippen molar-refractivity contribution in [2.75, 3.05) is 12.4 Å². The zero-order valence-corrected chi connectivity index (χ0v) is 16.7. The molecule has 2 aromatic heterocycles. The van der Waals surface area contributed by atoms with Crippen molar-refractivity contribution < 1.29 is 8.42 Å². The van der Waals surface area contributed by atoms with Crippen LogP contribution in [0.4, 0.5) is 5.95 Å². The maximum Gasteiger partial charge on any atom is 0.250 e. The first-order valence-corrected chi connectivity index (χ1v) is 10.5. The van der Waals surface area contributed by atoms with Crippen molar-refractivity contribution in [3.8, 4) is 10.6 Å². The molecule has 10 heteroatoms. The summed E-state index contributed by atoms with van der Waals surface area (Å²) < 4.78 is 27.8. The molecule has 2 heterocycles. The topological polar surface area (TPSA) is 84.0 Å². The second-order valence-electron chi connectivity index (χ2n) is 5.19. The second-order valence-corrected chi connectivity index (χ2v) is 9.12. The number of hydrogen-bond acceptors (Lipinski definition) is 6. The molecule has 1 aromatic carbocycles. The number of nitrogens with one attached hydrogen (secondary N) is 2. The third kappa shape index (κ3) is 4.33. The summed E-state index contributed by atoms with van der Waals surface area (Å²) in [6.07, 6.45) is 1.61. The number of anilines is 1. The van der Waals surface area contributed by atoms with Gasteiger partial charge in [0.25, 0.3) is 0 Å². The Morgan fingerprint density at radius 1 is 1.15 bits per heavy atom. The smallest absolute Gasteiger partial charge is 0.250 e. The Labute approximate surface area is 165 Å². The van der Waals surface area contributed by atoms with Crippen molar-refractivity contribution in [3.05, 3.63) is 58.2 Å². The van der Waals surface area contributed by atoms with Gasteiger partial charge in [-0.2, -0.15) is 0 Å². The van der Waals surface area contributed by atoms with Crippen molar-refractivity contribution in [2.24, 2.45) is 0 Å². The van der Waals surface area contributed by atoms with Gasteiger partial charge in [0.05, 0.1) is 10.6 Å². The van der Waals surface area contributed by atoms with Gasteiger partial charge >= 0.3 is 0 Å². The van der Waals surface area contributed by atoms with Crippen LogP contribution in [0.2, 0.25) is 10.0 Å². The maximum atomic E-state index is 12.5. The highest BCUT2D eigenvalue weighted by atomic mass is 35.5. The molecule has 0 aliphatic carbocycles. The molecule has 0 saturated heterocycles. The van der Waals surface area contributed by atoms with Crippen molar-refractivity contribution in [2.45, 2.75) is 10.8 Å². The molecule has 2 N–H and O–H groups in total. The molecule has 0 unspecified atom stereocenters. The Morgan fingerprint density at radius 2 is 1.96 bits per heavy atom. The molecule has 0 fully saturated rings.